The fraction of sp³-hybridized carbons (Fsp3) is 0.409. The molecule has 150 valence electrons. The third kappa shape index (κ3) is 3.67. The van der Waals surface area contributed by atoms with Crippen molar-refractivity contribution < 1.29 is 9.90 Å². The van der Waals surface area contributed by atoms with Crippen LogP contribution < -0.4 is 11.1 Å². The summed E-state index contributed by atoms with van der Waals surface area (Å²) in [5, 5.41) is 14.6. The van der Waals surface area contributed by atoms with E-state index < -0.39 is 23.5 Å². The van der Waals surface area contributed by atoms with Crippen LogP contribution in [0.4, 0.5) is 0 Å². The molecule has 0 bridgehead atoms. The second-order valence-electron chi connectivity index (χ2n) is 7.51. The predicted molar refractivity (Wildman–Crippen MR) is 114 cm³/mol. The van der Waals surface area contributed by atoms with Crippen molar-refractivity contribution in [1.29, 1.82) is 0 Å². The lowest BCUT2D eigenvalue weighted by Gasteiger charge is -2.40. The second kappa shape index (κ2) is 8.42. The summed E-state index contributed by atoms with van der Waals surface area (Å²) in [7, 11) is 0. The Kier molecular flexibility index (Phi) is 6.35. The molecule has 0 amide bonds. The van der Waals surface area contributed by atoms with Crippen molar-refractivity contribution in [1.82, 2.24) is 5.32 Å². The van der Waals surface area contributed by atoms with Crippen LogP contribution in [0.25, 0.3) is 0 Å². The van der Waals surface area contributed by atoms with Crippen molar-refractivity contribution in [3.63, 3.8) is 0 Å². The topological polar surface area (TPSA) is 75.3 Å². The zero-order chi connectivity index (χ0) is 20.5. The monoisotopic (exact) mass is 420 g/mol. The molecule has 4 unspecified atom stereocenters. The molecule has 1 aliphatic rings. The first kappa shape index (κ1) is 21.1. The fourth-order valence-corrected chi connectivity index (χ4v) is 4.99. The zero-order valence-electron chi connectivity index (χ0n) is 16.0. The minimum Gasteiger partial charge on any atom is -0.480 e. The Morgan fingerprint density at radius 2 is 1.79 bits per heavy atom. The molecule has 4 N–H and O–H groups in total. The highest BCUT2D eigenvalue weighted by Crippen LogP contribution is 2.48. The van der Waals surface area contributed by atoms with E-state index in [9.17, 15) is 9.90 Å². The third-order valence-corrected chi connectivity index (χ3v) is 6.55. The molecule has 2 aromatic carbocycles. The van der Waals surface area contributed by atoms with Crippen molar-refractivity contribution in [3.05, 3.63) is 69.7 Å². The molecule has 6 heteroatoms. The molecule has 1 aliphatic heterocycles. The van der Waals surface area contributed by atoms with Crippen molar-refractivity contribution >= 4 is 29.2 Å². The first-order chi connectivity index (χ1) is 13.3. The summed E-state index contributed by atoms with van der Waals surface area (Å²) in [6, 6.07) is 13.7. The Hall–Kier alpha value is -1.59. The molecule has 4 nitrogen and oxygen atoms in total. The lowest BCUT2D eigenvalue weighted by Crippen LogP contribution is -2.53. The predicted octanol–water partition coefficient (Wildman–Crippen LogP) is 4.79. The van der Waals surface area contributed by atoms with E-state index in [-0.39, 0.29) is 12.0 Å². The number of benzene rings is 2. The summed E-state index contributed by atoms with van der Waals surface area (Å²) >= 11 is 12.3. The molecule has 4 atom stereocenters. The Morgan fingerprint density at radius 1 is 1.14 bits per heavy atom. The molecule has 28 heavy (non-hydrogen) atoms. The van der Waals surface area contributed by atoms with Crippen LogP contribution in [0.15, 0.2) is 48.5 Å². The number of aliphatic carboxylic acids is 1. The van der Waals surface area contributed by atoms with E-state index in [4.69, 9.17) is 28.9 Å². The molecule has 0 aromatic heterocycles. The van der Waals surface area contributed by atoms with Gasteiger partial charge in [0.2, 0.25) is 0 Å². The standard InChI is InChI=1S/C22H26Cl2N2O2/c1-3-13(4-2)20-22(25,15-8-10-16(23)11-9-15)18(19(26-20)21(27)28)14-6-5-7-17(24)12-14/h5-13,18-20,26H,3-4,25H2,1-2H3,(H,27,28). The lowest BCUT2D eigenvalue weighted by molar-refractivity contribution is -0.139. The summed E-state index contributed by atoms with van der Waals surface area (Å²) in [5.41, 5.74) is 7.94. The van der Waals surface area contributed by atoms with E-state index >= 15 is 0 Å². The van der Waals surface area contributed by atoms with E-state index in [2.05, 4.69) is 19.2 Å². The van der Waals surface area contributed by atoms with Gasteiger partial charge in [0.1, 0.15) is 6.04 Å². The van der Waals surface area contributed by atoms with Crippen LogP contribution >= 0.6 is 23.2 Å². The number of halogens is 2. The third-order valence-electron chi connectivity index (χ3n) is 6.06. The van der Waals surface area contributed by atoms with Crippen LogP contribution in [-0.4, -0.2) is 23.2 Å². The first-order valence-electron chi connectivity index (χ1n) is 9.62. The van der Waals surface area contributed by atoms with Gasteiger partial charge in [-0.1, -0.05) is 74.2 Å². The van der Waals surface area contributed by atoms with Gasteiger partial charge in [-0.2, -0.15) is 0 Å². The van der Waals surface area contributed by atoms with Crippen LogP contribution in [0, 0.1) is 5.92 Å². The molecular formula is C22H26Cl2N2O2. The number of carboxylic acid groups (broad SMARTS) is 1. The average molecular weight is 421 g/mol. The Bertz CT molecular complexity index is 839. The van der Waals surface area contributed by atoms with Crippen LogP contribution in [0.3, 0.4) is 0 Å². The van der Waals surface area contributed by atoms with Gasteiger partial charge >= 0.3 is 5.97 Å². The van der Waals surface area contributed by atoms with Gasteiger partial charge < -0.3 is 10.8 Å². The molecule has 0 saturated carbocycles. The molecule has 0 spiro atoms. The fourth-order valence-electron chi connectivity index (χ4n) is 4.66. The highest BCUT2D eigenvalue weighted by atomic mass is 35.5. The molecule has 1 saturated heterocycles. The SMILES string of the molecule is CCC(CC)C1NC(C(=O)O)C(c2cccc(Cl)c2)C1(N)c1ccc(Cl)cc1. The molecule has 1 heterocycles. The van der Waals surface area contributed by atoms with Gasteiger partial charge in [-0.25, -0.2) is 0 Å². The number of rotatable bonds is 6. The van der Waals surface area contributed by atoms with E-state index in [1.54, 1.807) is 18.2 Å². The second-order valence-corrected chi connectivity index (χ2v) is 8.38. The molecule has 0 aliphatic carbocycles. The van der Waals surface area contributed by atoms with Crippen molar-refractivity contribution in [2.24, 2.45) is 11.7 Å². The number of nitrogens with two attached hydrogens (primary N) is 1. The Balaban J connectivity index is 2.23. The minimum atomic E-state index is -0.922. The summed E-state index contributed by atoms with van der Waals surface area (Å²) in [4.78, 5) is 12.2. The molecule has 2 aromatic rings. The Labute approximate surface area is 176 Å². The Morgan fingerprint density at radius 3 is 2.32 bits per heavy atom. The smallest absolute Gasteiger partial charge is 0.321 e. The maximum atomic E-state index is 12.2. The molecule has 1 fully saturated rings. The van der Waals surface area contributed by atoms with E-state index in [1.807, 2.05) is 30.3 Å². The van der Waals surface area contributed by atoms with Crippen LogP contribution in [0.2, 0.25) is 10.0 Å². The zero-order valence-corrected chi connectivity index (χ0v) is 17.5. The van der Waals surface area contributed by atoms with Gasteiger partial charge in [-0.05, 0) is 41.3 Å². The van der Waals surface area contributed by atoms with Crippen LogP contribution in [-0.2, 0) is 10.3 Å². The number of hydrogen-bond donors (Lipinski definition) is 3. The highest BCUT2D eigenvalue weighted by molar-refractivity contribution is 6.30. The largest absolute Gasteiger partial charge is 0.480 e. The van der Waals surface area contributed by atoms with Gasteiger partial charge in [0.15, 0.2) is 0 Å². The van der Waals surface area contributed by atoms with Crippen molar-refractivity contribution in [2.75, 3.05) is 0 Å². The van der Waals surface area contributed by atoms with Crippen molar-refractivity contribution in [2.45, 2.75) is 50.2 Å². The maximum Gasteiger partial charge on any atom is 0.321 e. The summed E-state index contributed by atoms with van der Waals surface area (Å²) in [6.07, 6.45) is 1.80. The summed E-state index contributed by atoms with van der Waals surface area (Å²) in [5.74, 6) is -1.16. The number of nitrogens with one attached hydrogen (secondary N) is 1. The summed E-state index contributed by atoms with van der Waals surface area (Å²) in [6.45, 7) is 4.22. The van der Waals surface area contributed by atoms with E-state index in [0.29, 0.717) is 10.0 Å². The first-order valence-corrected chi connectivity index (χ1v) is 10.4. The van der Waals surface area contributed by atoms with Crippen LogP contribution in [0.1, 0.15) is 43.7 Å². The van der Waals surface area contributed by atoms with Gasteiger partial charge in [-0.3, -0.25) is 10.1 Å². The maximum absolute atomic E-state index is 12.2. The van der Waals surface area contributed by atoms with Gasteiger partial charge in [-0.15, -0.1) is 0 Å². The lowest BCUT2D eigenvalue weighted by atomic mass is 9.68. The number of carbonyl (C=O) groups is 1. The molecule has 0 radical (unpaired) electrons. The molecule has 3 rings (SSSR count). The minimum absolute atomic E-state index is 0.200. The molecular weight excluding hydrogens is 395 g/mol. The number of carboxylic acids is 1. The van der Waals surface area contributed by atoms with Crippen molar-refractivity contribution in [3.8, 4) is 0 Å². The quantitative estimate of drug-likeness (QED) is 0.627. The van der Waals surface area contributed by atoms with Gasteiger partial charge in [0.05, 0.1) is 5.54 Å². The average Bonchev–Trinajstić information content (AvgIpc) is 2.98. The highest BCUT2D eigenvalue weighted by Gasteiger charge is 2.57. The summed E-state index contributed by atoms with van der Waals surface area (Å²) < 4.78 is 0. The van der Waals surface area contributed by atoms with Crippen LogP contribution in [0.5, 0.6) is 0 Å². The van der Waals surface area contributed by atoms with E-state index in [0.717, 1.165) is 24.0 Å². The number of hydrogen-bond acceptors (Lipinski definition) is 3. The van der Waals surface area contributed by atoms with Gasteiger partial charge in [0, 0.05) is 22.0 Å². The van der Waals surface area contributed by atoms with E-state index in [1.165, 1.54) is 0 Å². The van der Waals surface area contributed by atoms with Gasteiger partial charge in [0.25, 0.3) is 0 Å². The normalized spacial score (nSPS) is 27.3.